The Morgan fingerprint density at radius 3 is 2.37 bits per heavy atom. The highest BCUT2D eigenvalue weighted by atomic mass is 32.1. The van der Waals surface area contributed by atoms with Crippen molar-refractivity contribution in [1.29, 1.82) is 0 Å². The fourth-order valence-corrected chi connectivity index (χ4v) is 4.53. The third-order valence-electron chi connectivity index (χ3n) is 4.30. The lowest BCUT2D eigenvalue weighted by Crippen LogP contribution is -2.73. The molecule has 4 nitrogen and oxygen atoms in total. The minimum absolute atomic E-state index is 0.0271. The summed E-state index contributed by atoms with van der Waals surface area (Å²) in [6, 6.07) is 0.0962. The summed E-state index contributed by atoms with van der Waals surface area (Å²) in [4.78, 5) is 17.1. The van der Waals surface area contributed by atoms with Gasteiger partial charge in [-0.3, -0.25) is 4.79 Å². The summed E-state index contributed by atoms with van der Waals surface area (Å²) in [6.07, 6.45) is 0.146. The van der Waals surface area contributed by atoms with E-state index in [1.807, 2.05) is 6.92 Å². The number of carbonyl (C=O) groups is 1. The van der Waals surface area contributed by atoms with Gasteiger partial charge in [-0.2, -0.15) is 0 Å². The van der Waals surface area contributed by atoms with Crippen LogP contribution in [0.1, 0.15) is 43.1 Å². The van der Waals surface area contributed by atoms with Crippen LogP contribution in [-0.4, -0.2) is 30.1 Å². The molecule has 1 fully saturated rings. The van der Waals surface area contributed by atoms with E-state index in [2.05, 4.69) is 38.0 Å². The van der Waals surface area contributed by atoms with Gasteiger partial charge in [-0.05, 0) is 6.92 Å². The molecule has 2 rings (SSSR count). The minimum atomic E-state index is -0.0630. The molecule has 0 aliphatic heterocycles. The highest BCUT2D eigenvalue weighted by molar-refractivity contribution is 7.11. The van der Waals surface area contributed by atoms with Crippen LogP contribution in [-0.2, 0) is 4.74 Å². The summed E-state index contributed by atoms with van der Waals surface area (Å²) in [5.74, 6) is -0.0271. The molecule has 1 N–H and O–H groups in total. The Hall–Kier alpha value is -0.940. The molecule has 19 heavy (non-hydrogen) atoms. The van der Waals surface area contributed by atoms with Crippen LogP contribution in [0.2, 0.25) is 0 Å². The second-order valence-electron chi connectivity index (χ2n) is 6.43. The molecule has 1 aliphatic rings. The Labute approximate surface area is 118 Å². The molecule has 1 amide bonds. The lowest BCUT2D eigenvalue weighted by Gasteiger charge is -2.63. The maximum atomic E-state index is 12.3. The van der Waals surface area contributed by atoms with Crippen LogP contribution in [0.25, 0.3) is 0 Å². The van der Waals surface area contributed by atoms with Crippen LogP contribution >= 0.6 is 11.3 Å². The number of hydrogen-bond acceptors (Lipinski definition) is 4. The molecule has 0 saturated heterocycles. The molecule has 0 bridgehead atoms. The topological polar surface area (TPSA) is 51.2 Å². The van der Waals surface area contributed by atoms with Crippen LogP contribution in [0.5, 0.6) is 0 Å². The van der Waals surface area contributed by atoms with Crippen molar-refractivity contribution in [3.8, 4) is 0 Å². The second-order valence-corrected chi connectivity index (χ2v) is 7.29. The molecule has 0 spiro atoms. The van der Waals surface area contributed by atoms with Crippen LogP contribution in [0.4, 0.5) is 0 Å². The van der Waals surface area contributed by atoms with Crippen molar-refractivity contribution in [1.82, 2.24) is 10.3 Å². The quantitative estimate of drug-likeness (QED) is 0.927. The van der Waals surface area contributed by atoms with Gasteiger partial charge in [-0.1, -0.05) is 27.7 Å². The van der Waals surface area contributed by atoms with E-state index in [4.69, 9.17) is 4.74 Å². The van der Waals surface area contributed by atoms with E-state index in [9.17, 15) is 4.79 Å². The van der Waals surface area contributed by atoms with E-state index in [0.717, 1.165) is 5.69 Å². The summed E-state index contributed by atoms with van der Waals surface area (Å²) in [5.41, 5.74) is 2.37. The summed E-state index contributed by atoms with van der Waals surface area (Å²) in [5, 5.41) is 3.16. The van der Waals surface area contributed by atoms with Crippen LogP contribution in [0.3, 0.4) is 0 Å². The lowest BCUT2D eigenvalue weighted by atomic mass is 9.49. The molecule has 106 valence electrons. The van der Waals surface area contributed by atoms with Crippen LogP contribution in [0.15, 0.2) is 5.51 Å². The number of ether oxygens (including phenoxy) is 1. The van der Waals surface area contributed by atoms with E-state index in [0.29, 0.717) is 4.88 Å². The summed E-state index contributed by atoms with van der Waals surface area (Å²) in [6.45, 7) is 10.4. The zero-order valence-electron chi connectivity index (χ0n) is 12.4. The maximum absolute atomic E-state index is 12.3. The first-order valence-corrected chi connectivity index (χ1v) is 7.34. The van der Waals surface area contributed by atoms with Crippen molar-refractivity contribution in [3.63, 3.8) is 0 Å². The number of thiazole rings is 1. The molecule has 0 unspecified atom stereocenters. The number of rotatable bonds is 3. The van der Waals surface area contributed by atoms with Crippen LogP contribution < -0.4 is 5.32 Å². The van der Waals surface area contributed by atoms with E-state index in [-0.39, 0.29) is 28.9 Å². The van der Waals surface area contributed by atoms with Gasteiger partial charge in [0, 0.05) is 24.0 Å². The zero-order valence-corrected chi connectivity index (χ0v) is 13.2. The Kier molecular flexibility index (Phi) is 3.47. The molecule has 0 atom stereocenters. The molecule has 5 heteroatoms. The Balaban J connectivity index is 2.16. The van der Waals surface area contributed by atoms with E-state index in [1.54, 1.807) is 12.6 Å². The first-order chi connectivity index (χ1) is 8.72. The number of hydrogen-bond donors (Lipinski definition) is 1. The SMILES string of the molecule is COC1C(C)(C)C(NC(=O)c2scnc2C)C1(C)C. The first-order valence-electron chi connectivity index (χ1n) is 6.46. The number of aromatic nitrogens is 1. The highest BCUT2D eigenvalue weighted by Crippen LogP contribution is 2.55. The fourth-order valence-electron chi connectivity index (χ4n) is 3.82. The molecule has 1 aromatic heterocycles. The van der Waals surface area contributed by atoms with Gasteiger partial charge in [0.2, 0.25) is 0 Å². The van der Waals surface area contributed by atoms with Gasteiger partial charge in [0.15, 0.2) is 0 Å². The monoisotopic (exact) mass is 282 g/mol. The molecule has 1 saturated carbocycles. The number of carbonyl (C=O) groups excluding carboxylic acids is 1. The van der Waals surface area contributed by atoms with E-state index < -0.39 is 0 Å². The Morgan fingerprint density at radius 2 is 1.95 bits per heavy atom. The number of nitrogens with one attached hydrogen (secondary N) is 1. The van der Waals surface area contributed by atoms with Gasteiger partial charge in [0.1, 0.15) is 4.88 Å². The largest absolute Gasteiger partial charge is 0.380 e. The van der Waals surface area contributed by atoms with Gasteiger partial charge < -0.3 is 10.1 Å². The average molecular weight is 282 g/mol. The fraction of sp³-hybridized carbons (Fsp3) is 0.714. The predicted octanol–water partition coefficient (Wildman–Crippen LogP) is 2.63. The predicted molar refractivity (Wildman–Crippen MR) is 76.5 cm³/mol. The van der Waals surface area contributed by atoms with Gasteiger partial charge in [-0.15, -0.1) is 11.3 Å². The van der Waals surface area contributed by atoms with Gasteiger partial charge in [0.25, 0.3) is 5.91 Å². The standard InChI is InChI=1S/C14H22N2O2S/c1-8-9(19-7-15-8)10(17)16-11-13(2,3)12(18-6)14(11,4)5/h7,11-12H,1-6H3,(H,16,17). The van der Waals surface area contributed by atoms with Crippen molar-refractivity contribution in [3.05, 3.63) is 16.1 Å². The summed E-state index contributed by atoms with van der Waals surface area (Å²) in [7, 11) is 1.74. The molecular formula is C14H22N2O2S. The smallest absolute Gasteiger partial charge is 0.263 e. The molecular weight excluding hydrogens is 260 g/mol. The summed E-state index contributed by atoms with van der Waals surface area (Å²) >= 11 is 1.39. The maximum Gasteiger partial charge on any atom is 0.263 e. The second kappa shape index (κ2) is 4.56. The van der Waals surface area contributed by atoms with Crippen molar-refractivity contribution in [2.75, 3.05) is 7.11 Å². The van der Waals surface area contributed by atoms with Crippen molar-refractivity contribution in [2.24, 2.45) is 10.8 Å². The van der Waals surface area contributed by atoms with Gasteiger partial charge in [0.05, 0.1) is 17.3 Å². The summed E-state index contributed by atoms with van der Waals surface area (Å²) < 4.78 is 5.58. The Morgan fingerprint density at radius 1 is 1.37 bits per heavy atom. The number of amides is 1. The molecule has 1 aliphatic carbocycles. The van der Waals surface area contributed by atoms with Crippen LogP contribution in [0, 0.1) is 17.8 Å². The number of nitrogens with zero attached hydrogens (tertiary/aromatic N) is 1. The number of methoxy groups -OCH3 is 1. The third kappa shape index (κ3) is 2.09. The normalized spacial score (nSPS) is 27.7. The van der Waals surface area contributed by atoms with Crippen molar-refractivity contribution < 1.29 is 9.53 Å². The molecule has 0 aromatic carbocycles. The molecule has 1 aromatic rings. The minimum Gasteiger partial charge on any atom is -0.380 e. The van der Waals surface area contributed by atoms with Gasteiger partial charge >= 0.3 is 0 Å². The Bertz CT molecular complexity index is 477. The third-order valence-corrected chi connectivity index (χ3v) is 5.23. The molecule has 1 heterocycles. The van der Waals surface area contributed by atoms with Gasteiger partial charge in [-0.25, -0.2) is 4.98 Å². The molecule has 0 radical (unpaired) electrons. The van der Waals surface area contributed by atoms with Crippen molar-refractivity contribution in [2.45, 2.75) is 46.8 Å². The highest BCUT2D eigenvalue weighted by Gasteiger charge is 2.62. The number of aryl methyl sites for hydroxylation is 1. The average Bonchev–Trinajstić information content (AvgIpc) is 2.71. The first kappa shape index (κ1) is 14.5. The van der Waals surface area contributed by atoms with Crippen molar-refractivity contribution >= 4 is 17.2 Å². The zero-order chi connectivity index (χ0) is 14.4. The lowest BCUT2D eigenvalue weighted by molar-refractivity contribution is -0.195. The van der Waals surface area contributed by atoms with E-state index >= 15 is 0 Å². The van der Waals surface area contributed by atoms with E-state index in [1.165, 1.54) is 11.3 Å².